The molecule has 0 aliphatic heterocycles. The summed E-state index contributed by atoms with van der Waals surface area (Å²) in [7, 11) is 1.11. The van der Waals surface area contributed by atoms with Gasteiger partial charge in [-0.05, 0) is 18.1 Å². The Morgan fingerprint density at radius 3 is 2.62 bits per heavy atom. The van der Waals surface area contributed by atoms with Gasteiger partial charge in [0.05, 0.1) is 17.6 Å². The van der Waals surface area contributed by atoms with Crippen LogP contribution in [0, 0.1) is 10.1 Å². The summed E-state index contributed by atoms with van der Waals surface area (Å²) < 4.78 is 5.33. The number of hydrogen-bond acceptors (Lipinski definition) is 6. The second-order valence-corrected chi connectivity index (χ2v) is 5.35. The first-order valence-corrected chi connectivity index (χ1v) is 7.72. The Bertz CT molecular complexity index is 919. The Hall–Kier alpha value is -3.49. The number of nitrogens with one attached hydrogen (secondary N) is 1. The number of aromatic nitrogens is 1. The predicted octanol–water partition coefficient (Wildman–Crippen LogP) is 1.74. The van der Waals surface area contributed by atoms with E-state index >= 15 is 0 Å². The lowest BCUT2D eigenvalue weighted by Gasteiger charge is -2.11. The topological polar surface area (TPSA) is 121 Å². The third-order valence-electron chi connectivity index (χ3n) is 3.67. The fourth-order valence-corrected chi connectivity index (χ4v) is 2.39. The van der Waals surface area contributed by atoms with Gasteiger partial charge in [-0.25, -0.2) is 4.79 Å². The maximum atomic E-state index is 12.3. The van der Waals surface area contributed by atoms with Crippen molar-refractivity contribution in [2.45, 2.75) is 19.9 Å². The van der Waals surface area contributed by atoms with Crippen LogP contribution in [0.1, 0.15) is 22.8 Å². The van der Waals surface area contributed by atoms with E-state index in [1.54, 1.807) is 12.1 Å². The van der Waals surface area contributed by atoms with Crippen LogP contribution in [0.15, 0.2) is 41.3 Å². The average Bonchev–Trinajstić information content (AvgIpc) is 2.62. The second-order valence-electron chi connectivity index (χ2n) is 5.35. The number of aryl methyl sites for hydroxylation is 1. The lowest BCUT2D eigenvalue weighted by Crippen LogP contribution is -2.29. The van der Waals surface area contributed by atoms with Crippen molar-refractivity contribution in [3.63, 3.8) is 0 Å². The van der Waals surface area contributed by atoms with Crippen LogP contribution in [0.5, 0.6) is 0 Å². The highest BCUT2D eigenvalue weighted by atomic mass is 16.6. The summed E-state index contributed by atoms with van der Waals surface area (Å²) >= 11 is 0. The summed E-state index contributed by atoms with van der Waals surface area (Å²) in [5, 5.41) is 13.7. The summed E-state index contributed by atoms with van der Waals surface area (Å²) in [5.41, 5.74) is -0.494. The molecule has 0 fully saturated rings. The molecular weight excluding hydrogens is 342 g/mol. The third-order valence-corrected chi connectivity index (χ3v) is 3.67. The molecule has 1 heterocycles. The van der Waals surface area contributed by atoms with Gasteiger partial charge in [-0.3, -0.25) is 24.3 Å². The highest BCUT2D eigenvalue weighted by Crippen LogP contribution is 2.15. The van der Waals surface area contributed by atoms with E-state index in [-0.39, 0.29) is 5.56 Å². The van der Waals surface area contributed by atoms with Gasteiger partial charge in [-0.15, -0.1) is 0 Å². The van der Waals surface area contributed by atoms with E-state index in [4.69, 9.17) is 0 Å². The van der Waals surface area contributed by atoms with Crippen LogP contribution in [0.2, 0.25) is 0 Å². The number of nitrogens with zero attached hydrogens (tertiary/aromatic N) is 2. The molecule has 0 radical (unpaired) electrons. The van der Waals surface area contributed by atoms with Gasteiger partial charge >= 0.3 is 17.2 Å². The van der Waals surface area contributed by atoms with E-state index in [1.165, 1.54) is 0 Å². The predicted molar refractivity (Wildman–Crippen MR) is 93.1 cm³/mol. The monoisotopic (exact) mass is 359 g/mol. The number of carbonyl (C=O) groups is 2. The first-order chi connectivity index (χ1) is 12.4. The molecule has 136 valence electrons. The fourth-order valence-electron chi connectivity index (χ4n) is 2.39. The van der Waals surface area contributed by atoms with Gasteiger partial charge < -0.3 is 10.1 Å². The van der Waals surface area contributed by atoms with Gasteiger partial charge in [-0.1, -0.05) is 25.1 Å². The highest BCUT2D eigenvalue weighted by Gasteiger charge is 2.21. The van der Waals surface area contributed by atoms with Crippen LogP contribution in [0.3, 0.4) is 0 Å². The summed E-state index contributed by atoms with van der Waals surface area (Å²) in [4.78, 5) is 46.2. The Kier molecular flexibility index (Phi) is 5.84. The number of esters is 1. The molecule has 0 atom stereocenters. The van der Waals surface area contributed by atoms with Crippen LogP contribution >= 0.6 is 0 Å². The fraction of sp³-hybridized carbons (Fsp3) is 0.235. The molecule has 0 aliphatic carbocycles. The Morgan fingerprint density at radius 1 is 1.31 bits per heavy atom. The van der Waals surface area contributed by atoms with Crippen LogP contribution in [0.25, 0.3) is 0 Å². The first kappa shape index (κ1) is 18.8. The average molecular weight is 359 g/mol. The number of pyridine rings is 1. The van der Waals surface area contributed by atoms with Crippen molar-refractivity contribution in [2.75, 3.05) is 12.4 Å². The minimum Gasteiger partial charge on any atom is -0.465 e. The van der Waals surface area contributed by atoms with Gasteiger partial charge in [0, 0.05) is 18.0 Å². The normalized spacial score (nSPS) is 10.2. The van der Waals surface area contributed by atoms with E-state index in [1.807, 2.05) is 19.1 Å². The van der Waals surface area contributed by atoms with Crippen molar-refractivity contribution in [3.8, 4) is 0 Å². The summed E-state index contributed by atoms with van der Waals surface area (Å²) in [6, 6.07) is 7.98. The molecule has 0 aliphatic rings. The lowest BCUT2D eigenvalue weighted by molar-refractivity contribution is -0.386. The van der Waals surface area contributed by atoms with Crippen molar-refractivity contribution in [1.82, 2.24) is 4.57 Å². The SMILES string of the molecule is CCc1ccccc1NC(=O)Cn1cc(C(=O)OC)cc([N+](=O)[O-])c1=O. The Balaban J connectivity index is 2.34. The number of methoxy groups -OCH3 is 1. The number of benzene rings is 1. The minimum atomic E-state index is -0.985. The molecule has 0 saturated heterocycles. The molecule has 9 heteroatoms. The van der Waals surface area contributed by atoms with E-state index in [2.05, 4.69) is 10.1 Å². The van der Waals surface area contributed by atoms with Crippen molar-refractivity contribution >= 4 is 23.3 Å². The zero-order valence-electron chi connectivity index (χ0n) is 14.2. The maximum absolute atomic E-state index is 12.3. The maximum Gasteiger partial charge on any atom is 0.339 e. The number of para-hydroxylation sites is 1. The third kappa shape index (κ3) is 4.12. The smallest absolute Gasteiger partial charge is 0.339 e. The molecule has 9 nitrogen and oxygen atoms in total. The Labute approximate surface area is 148 Å². The molecule has 0 saturated carbocycles. The molecule has 1 aromatic carbocycles. The quantitative estimate of drug-likeness (QED) is 0.476. The van der Waals surface area contributed by atoms with Crippen molar-refractivity contribution < 1.29 is 19.2 Å². The van der Waals surface area contributed by atoms with Gasteiger partial charge in [0.25, 0.3) is 0 Å². The van der Waals surface area contributed by atoms with Crippen LogP contribution in [0.4, 0.5) is 11.4 Å². The van der Waals surface area contributed by atoms with Gasteiger partial charge in [-0.2, -0.15) is 0 Å². The van der Waals surface area contributed by atoms with Crippen molar-refractivity contribution in [2.24, 2.45) is 0 Å². The number of carbonyl (C=O) groups excluding carboxylic acids is 2. The van der Waals surface area contributed by atoms with Gasteiger partial charge in [0.15, 0.2) is 0 Å². The molecule has 1 N–H and O–H groups in total. The molecule has 26 heavy (non-hydrogen) atoms. The zero-order chi connectivity index (χ0) is 19.3. The molecule has 2 aromatic rings. The number of amides is 1. The standard InChI is InChI=1S/C17H17N3O6/c1-3-11-6-4-5-7-13(11)18-15(21)10-19-9-12(17(23)26-2)8-14(16(19)22)20(24)25/h4-9H,3,10H2,1-2H3,(H,18,21). The minimum absolute atomic E-state index is 0.194. The molecule has 1 aromatic heterocycles. The van der Waals surface area contributed by atoms with Gasteiger partial charge in [0.1, 0.15) is 6.54 Å². The van der Waals surface area contributed by atoms with Crippen LogP contribution in [-0.4, -0.2) is 28.5 Å². The molecular formula is C17H17N3O6. The number of ether oxygens (including phenoxy) is 1. The van der Waals surface area contributed by atoms with Crippen LogP contribution in [-0.2, 0) is 22.5 Å². The molecule has 0 bridgehead atoms. The molecule has 1 amide bonds. The summed E-state index contributed by atoms with van der Waals surface area (Å²) in [6.45, 7) is 1.45. The summed E-state index contributed by atoms with van der Waals surface area (Å²) in [6.07, 6.45) is 1.76. The second kappa shape index (κ2) is 8.06. The number of rotatable bonds is 6. The molecule has 0 unspecified atom stereocenters. The van der Waals surface area contributed by atoms with Gasteiger partial charge in [0.2, 0.25) is 5.91 Å². The van der Waals surface area contributed by atoms with Crippen molar-refractivity contribution in [1.29, 1.82) is 0 Å². The number of hydrogen-bond donors (Lipinski definition) is 1. The molecule has 0 spiro atoms. The number of anilines is 1. The van der Waals surface area contributed by atoms with E-state index in [0.717, 1.165) is 29.5 Å². The largest absolute Gasteiger partial charge is 0.465 e. The van der Waals surface area contributed by atoms with Crippen molar-refractivity contribution in [3.05, 3.63) is 68.1 Å². The summed E-state index contributed by atoms with van der Waals surface area (Å²) in [5.74, 6) is -1.40. The Morgan fingerprint density at radius 2 is 2.00 bits per heavy atom. The van der Waals surface area contributed by atoms with E-state index in [0.29, 0.717) is 12.1 Å². The zero-order valence-corrected chi connectivity index (χ0v) is 14.2. The first-order valence-electron chi connectivity index (χ1n) is 7.72. The van der Waals surface area contributed by atoms with E-state index in [9.17, 15) is 24.5 Å². The lowest BCUT2D eigenvalue weighted by atomic mass is 10.1. The number of nitro groups is 1. The van der Waals surface area contributed by atoms with E-state index < -0.39 is 34.6 Å². The molecule has 2 rings (SSSR count). The highest BCUT2D eigenvalue weighted by molar-refractivity contribution is 5.92. The van der Waals surface area contributed by atoms with Crippen LogP contribution < -0.4 is 10.9 Å².